The molecular weight excluding hydrogens is 468 g/mol. The van der Waals surface area contributed by atoms with E-state index in [9.17, 15) is 0 Å². The van der Waals surface area contributed by atoms with Gasteiger partial charge in [-0.2, -0.15) is 0 Å². The third-order valence-electron chi connectivity index (χ3n) is 7.21. The summed E-state index contributed by atoms with van der Waals surface area (Å²) in [6.45, 7) is 1.95. The Labute approximate surface area is 204 Å². The third kappa shape index (κ3) is 3.03. The van der Waals surface area contributed by atoms with Gasteiger partial charge < -0.3 is 10.6 Å². The molecule has 0 saturated carbocycles. The zero-order chi connectivity index (χ0) is 22.9. The Balaban J connectivity index is 1.17. The van der Waals surface area contributed by atoms with Gasteiger partial charge in [0.2, 0.25) is 0 Å². The number of pyridine rings is 2. The number of nitrogen functional groups attached to an aromatic ring is 1. The Morgan fingerprint density at radius 2 is 1.68 bits per heavy atom. The van der Waals surface area contributed by atoms with Crippen LogP contribution in [-0.2, 0) is 12.8 Å². The second-order valence-electron chi connectivity index (χ2n) is 9.19. The highest BCUT2D eigenvalue weighted by molar-refractivity contribution is 7.99. The molecule has 1 aliphatic carbocycles. The van der Waals surface area contributed by atoms with Crippen molar-refractivity contribution >= 4 is 51.8 Å². The van der Waals surface area contributed by atoms with Crippen LogP contribution in [-0.4, -0.2) is 42.4 Å². The van der Waals surface area contributed by atoms with Gasteiger partial charge in [-0.1, -0.05) is 23.4 Å². The molecule has 0 aromatic carbocycles. The molecule has 0 bridgehead atoms. The van der Waals surface area contributed by atoms with Gasteiger partial charge in [-0.15, -0.1) is 0 Å². The molecule has 8 nitrogen and oxygen atoms in total. The highest BCUT2D eigenvalue weighted by Gasteiger charge is 2.41. The third-order valence-corrected chi connectivity index (χ3v) is 8.82. The predicted molar refractivity (Wildman–Crippen MR) is 133 cm³/mol. The Morgan fingerprint density at radius 3 is 2.44 bits per heavy atom. The summed E-state index contributed by atoms with van der Waals surface area (Å²) in [5, 5.41) is 0.468. The maximum Gasteiger partial charge on any atom is 0.157 e. The normalized spacial score (nSPS) is 17.3. The first-order valence-corrected chi connectivity index (χ1v) is 12.5. The van der Waals surface area contributed by atoms with Gasteiger partial charge in [-0.3, -0.25) is 14.4 Å². The Bertz CT molecular complexity index is 1510. The maximum atomic E-state index is 6.38. The average Bonchev–Trinajstić information content (AvgIpc) is 3.54. The van der Waals surface area contributed by atoms with Crippen LogP contribution in [0.3, 0.4) is 0 Å². The summed E-state index contributed by atoms with van der Waals surface area (Å²) in [6.07, 6.45) is 11.5. The number of imidazole rings is 2. The fourth-order valence-electron chi connectivity index (χ4n) is 5.43. The molecule has 0 amide bonds. The van der Waals surface area contributed by atoms with Crippen molar-refractivity contribution in [1.82, 2.24) is 29.3 Å². The monoisotopic (exact) mass is 488 g/mol. The van der Waals surface area contributed by atoms with Gasteiger partial charge in [0.15, 0.2) is 11.5 Å². The molecule has 170 valence electrons. The molecule has 1 fully saturated rings. The Morgan fingerprint density at radius 1 is 0.912 bits per heavy atom. The van der Waals surface area contributed by atoms with Gasteiger partial charge in [-0.25, -0.2) is 15.0 Å². The van der Waals surface area contributed by atoms with Gasteiger partial charge in [0.25, 0.3) is 0 Å². The lowest BCUT2D eigenvalue weighted by molar-refractivity contribution is 0.230. The van der Waals surface area contributed by atoms with E-state index in [2.05, 4.69) is 24.3 Å². The number of anilines is 2. The molecule has 2 N–H and O–H groups in total. The summed E-state index contributed by atoms with van der Waals surface area (Å²) in [4.78, 5) is 27.2. The first-order valence-electron chi connectivity index (χ1n) is 11.3. The van der Waals surface area contributed by atoms with Crippen LogP contribution in [0, 0.1) is 5.41 Å². The molecule has 0 radical (unpaired) electrons. The summed E-state index contributed by atoms with van der Waals surface area (Å²) >= 11 is 7.92. The number of hydrogen-bond acceptors (Lipinski definition) is 8. The predicted octanol–water partition coefficient (Wildman–Crippen LogP) is 4.28. The van der Waals surface area contributed by atoms with Crippen LogP contribution in [0.4, 0.5) is 11.6 Å². The molecule has 6 heterocycles. The van der Waals surface area contributed by atoms with Gasteiger partial charge in [0.1, 0.15) is 17.0 Å². The van der Waals surface area contributed by atoms with E-state index in [1.165, 1.54) is 23.1 Å². The number of hydrogen-bond donors (Lipinski definition) is 1. The van der Waals surface area contributed by atoms with Crippen molar-refractivity contribution in [3.05, 3.63) is 59.4 Å². The zero-order valence-corrected chi connectivity index (χ0v) is 19.9. The fourth-order valence-corrected chi connectivity index (χ4v) is 6.59. The maximum absolute atomic E-state index is 6.38. The van der Waals surface area contributed by atoms with Crippen molar-refractivity contribution in [2.45, 2.75) is 35.5 Å². The standard InChI is InChI=1S/C24H21ClN8S/c25-20-17(3-6-29-21(20)26)34-18-1-2-19-31-22(16-13-30-23(18)33(16)19)32-9-4-24(5-10-32)11-14-15(12-24)28-8-7-27-14/h1-3,6-8,13H,4-5,9-12H2,(H2,26,29). The molecule has 0 atom stereocenters. The summed E-state index contributed by atoms with van der Waals surface area (Å²) in [6, 6.07) is 5.96. The van der Waals surface area contributed by atoms with Gasteiger partial charge in [0, 0.05) is 36.6 Å². The Hall–Kier alpha value is -3.17. The second-order valence-corrected chi connectivity index (χ2v) is 10.7. The molecule has 5 aromatic heterocycles. The largest absolute Gasteiger partial charge is 0.382 e. The Kier molecular flexibility index (Phi) is 4.41. The van der Waals surface area contributed by atoms with Crippen molar-refractivity contribution in [2.24, 2.45) is 5.41 Å². The van der Waals surface area contributed by atoms with Crippen LogP contribution in [0.1, 0.15) is 24.2 Å². The number of rotatable bonds is 3. The molecule has 5 aromatic rings. The van der Waals surface area contributed by atoms with Gasteiger partial charge in [0.05, 0.1) is 27.5 Å². The average molecular weight is 489 g/mol. The summed E-state index contributed by atoms with van der Waals surface area (Å²) in [5.41, 5.74) is 11.4. The molecule has 10 heteroatoms. The van der Waals surface area contributed by atoms with E-state index in [0.29, 0.717) is 10.8 Å². The van der Waals surface area contributed by atoms with Crippen molar-refractivity contribution < 1.29 is 0 Å². The number of aromatic nitrogens is 6. The first kappa shape index (κ1) is 20.2. The molecule has 7 rings (SSSR count). The quantitative estimate of drug-likeness (QED) is 0.402. The minimum absolute atomic E-state index is 0.286. The number of piperidine rings is 1. The lowest BCUT2D eigenvalue weighted by Gasteiger charge is -2.39. The van der Waals surface area contributed by atoms with Crippen molar-refractivity contribution in [3.63, 3.8) is 0 Å². The fraction of sp³-hybridized carbons (Fsp3) is 0.292. The molecule has 1 spiro atoms. The molecule has 1 saturated heterocycles. The van der Waals surface area contributed by atoms with Crippen LogP contribution in [0.25, 0.3) is 16.8 Å². The highest BCUT2D eigenvalue weighted by atomic mass is 35.5. The van der Waals surface area contributed by atoms with E-state index in [0.717, 1.165) is 71.2 Å². The first-order chi connectivity index (χ1) is 16.6. The van der Waals surface area contributed by atoms with Crippen LogP contribution < -0.4 is 10.6 Å². The molecule has 0 unspecified atom stereocenters. The van der Waals surface area contributed by atoms with Crippen molar-refractivity contribution in [2.75, 3.05) is 23.7 Å². The minimum Gasteiger partial charge on any atom is -0.382 e. The van der Waals surface area contributed by atoms with E-state index in [1.54, 1.807) is 6.20 Å². The lowest BCUT2D eigenvalue weighted by Crippen LogP contribution is -2.41. The van der Waals surface area contributed by atoms with E-state index < -0.39 is 0 Å². The summed E-state index contributed by atoms with van der Waals surface area (Å²) in [7, 11) is 0. The molecule has 1 aliphatic heterocycles. The second kappa shape index (κ2) is 7.41. The number of fused-ring (bicyclic) bond motifs is 1. The zero-order valence-electron chi connectivity index (χ0n) is 18.3. The van der Waals surface area contributed by atoms with Crippen molar-refractivity contribution in [1.29, 1.82) is 0 Å². The molecule has 2 aliphatic rings. The molecular formula is C24H21ClN8S. The van der Waals surface area contributed by atoms with Crippen LogP contribution in [0.5, 0.6) is 0 Å². The number of nitrogens with zero attached hydrogens (tertiary/aromatic N) is 7. The van der Waals surface area contributed by atoms with E-state index in [-0.39, 0.29) is 5.41 Å². The smallest absolute Gasteiger partial charge is 0.157 e. The number of halogens is 1. The van der Waals surface area contributed by atoms with Gasteiger partial charge in [-0.05, 0) is 49.3 Å². The molecule has 34 heavy (non-hydrogen) atoms. The van der Waals surface area contributed by atoms with Crippen LogP contribution in [0.15, 0.2) is 52.8 Å². The summed E-state index contributed by atoms with van der Waals surface area (Å²) in [5.74, 6) is 1.34. The highest BCUT2D eigenvalue weighted by Crippen LogP contribution is 2.45. The number of nitrogens with two attached hydrogens (primary N) is 1. The van der Waals surface area contributed by atoms with Gasteiger partial charge >= 0.3 is 0 Å². The van der Waals surface area contributed by atoms with Crippen LogP contribution in [0.2, 0.25) is 5.02 Å². The van der Waals surface area contributed by atoms with Crippen molar-refractivity contribution in [3.8, 4) is 0 Å². The SMILES string of the molecule is Nc1nccc(Sc2ccc3nc(N4CCC5(CC4)Cc4nccnc4C5)c4cnc2n34)c1Cl. The van der Waals surface area contributed by atoms with E-state index in [4.69, 9.17) is 27.3 Å². The lowest BCUT2D eigenvalue weighted by atomic mass is 9.76. The van der Waals surface area contributed by atoms with E-state index >= 15 is 0 Å². The topological polar surface area (TPSA) is 98.1 Å². The van der Waals surface area contributed by atoms with E-state index in [1.807, 2.05) is 36.8 Å². The minimum atomic E-state index is 0.286. The van der Waals surface area contributed by atoms with Crippen LogP contribution >= 0.6 is 23.4 Å². The summed E-state index contributed by atoms with van der Waals surface area (Å²) < 4.78 is 2.14.